The highest BCUT2D eigenvalue weighted by Crippen LogP contribution is 2.23. The van der Waals surface area contributed by atoms with E-state index in [1.165, 1.54) is 0 Å². The van der Waals surface area contributed by atoms with Gasteiger partial charge < -0.3 is 19.9 Å². The summed E-state index contributed by atoms with van der Waals surface area (Å²) in [6.07, 6.45) is 3.40. The van der Waals surface area contributed by atoms with E-state index in [0.29, 0.717) is 37.6 Å². The summed E-state index contributed by atoms with van der Waals surface area (Å²) >= 11 is 6.01. The number of pyridine rings is 1. The fraction of sp³-hybridized carbons (Fsp3) is 0.370. The smallest absolute Gasteiger partial charge is 0.408 e. The van der Waals surface area contributed by atoms with Crippen molar-refractivity contribution in [3.05, 3.63) is 71.5 Å². The van der Waals surface area contributed by atoms with E-state index >= 15 is 0 Å². The van der Waals surface area contributed by atoms with Crippen LogP contribution in [0, 0.1) is 0 Å². The highest BCUT2D eigenvalue weighted by Gasteiger charge is 2.30. The van der Waals surface area contributed by atoms with Crippen molar-refractivity contribution in [3.8, 4) is 0 Å². The second kappa shape index (κ2) is 10.5. The predicted molar refractivity (Wildman–Crippen MR) is 139 cm³/mol. The Morgan fingerprint density at radius 3 is 2.43 bits per heavy atom. The molecule has 4 rings (SSSR count). The number of anilines is 1. The molecule has 2 amide bonds. The lowest BCUT2D eigenvalue weighted by Gasteiger charge is -2.38. The third-order valence-corrected chi connectivity index (χ3v) is 6.17. The number of rotatable bonds is 5. The maximum absolute atomic E-state index is 13.5. The second-order valence-electron chi connectivity index (χ2n) is 9.75. The van der Waals surface area contributed by atoms with E-state index in [1.54, 1.807) is 39.1 Å². The Morgan fingerprint density at radius 1 is 1.03 bits per heavy atom. The Kier molecular flexibility index (Phi) is 7.45. The lowest BCUT2D eigenvalue weighted by molar-refractivity contribution is -0.133. The zero-order valence-electron chi connectivity index (χ0n) is 20.3. The van der Waals surface area contributed by atoms with Gasteiger partial charge in [0.1, 0.15) is 11.6 Å². The molecule has 8 heteroatoms. The summed E-state index contributed by atoms with van der Waals surface area (Å²) in [4.78, 5) is 34.3. The standard InChI is InChI=1S/C27H31ClN4O3/c1-27(2,3)35-26(34)30-24(16-19-4-7-22(28)8-5-19)25(33)32-14-12-31(13-15-32)23-9-6-21-18-29-11-10-20(21)17-23/h4-11,17-18,24H,12-16H2,1-3H3,(H,30,34). The van der Waals surface area contributed by atoms with Crippen LogP contribution in [0.15, 0.2) is 60.9 Å². The van der Waals surface area contributed by atoms with Crippen molar-refractivity contribution in [2.45, 2.75) is 38.8 Å². The van der Waals surface area contributed by atoms with Crippen LogP contribution in [-0.2, 0) is 16.0 Å². The largest absolute Gasteiger partial charge is 0.444 e. The number of nitrogens with zero attached hydrogens (tertiary/aromatic N) is 3. The van der Waals surface area contributed by atoms with Gasteiger partial charge in [0.25, 0.3) is 0 Å². The van der Waals surface area contributed by atoms with Crippen LogP contribution < -0.4 is 10.2 Å². The summed E-state index contributed by atoms with van der Waals surface area (Å²) in [5.74, 6) is -0.116. The molecule has 0 saturated carbocycles. The number of halogens is 1. The number of fused-ring (bicyclic) bond motifs is 1. The highest BCUT2D eigenvalue weighted by atomic mass is 35.5. The van der Waals surface area contributed by atoms with E-state index < -0.39 is 17.7 Å². The number of ether oxygens (including phenoxy) is 1. The maximum Gasteiger partial charge on any atom is 0.408 e. The zero-order chi connectivity index (χ0) is 25.0. The Labute approximate surface area is 211 Å². The molecule has 0 radical (unpaired) electrons. The quantitative estimate of drug-likeness (QED) is 0.557. The number of carbonyl (C=O) groups excluding carboxylic acids is 2. The molecule has 2 aromatic carbocycles. The zero-order valence-corrected chi connectivity index (χ0v) is 21.1. The van der Waals surface area contributed by atoms with Crippen LogP contribution in [0.5, 0.6) is 0 Å². The molecular weight excluding hydrogens is 464 g/mol. The first kappa shape index (κ1) is 24.8. The van der Waals surface area contributed by atoms with Crippen molar-refractivity contribution in [2.24, 2.45) is 0 Å². The molecule has 7 nitrogen and oxygen atoms in total. The number of piperazine rings is 1. The van der Waals surface area contributed by atoms with Gasteiger partial charge in [-0.3, -0.25) is 9.78 Å². The molecule has 35 heavy (non-hydrogen) atoms. The monoisotopic (exact) mass is 494 g/mol. The fourth-order valence-corrected chi connectivity index (χ4v) is 4.30. The Bertz CT molecular complexity index is 1190. The van der Waals surface area contributed by atoms with Gasteiger partial charge in [-0.05, 0) is 62.1 Å². The fourth-order valence-electron chi connectivity index (χ4n) is 4.18. The second-order valence-corrected chi connectivity index (χ2v) is 10.2. The number of benzene rings is 2. The molecule has 184 valence electrons. The maximum atomic E-state index is 13.5. The Morgan fingerprint density at radius 2 is 1.74 bits per heavy atom. The molecule has 1 N–H and O–H groups in total. The number of hydrogen-bond donors (Lipinski definition) is 1. The van der Waals surface area contributed by atoms with Gasteiger partial charge in [0.05, 0.1) is 0 Å². The number of nitrogens with one attached hydrogen (secondary N) is 1. The molecule has 0 spiro atoms. The normalized spacial score (nSPS) is 15.1. The molecule has 3 aromatic rings. The van der Waals surface area contributed by atoms with Crippen LogP contribution in [0.4, 0.5) is 10.5 Å². The van der Waals surface area contributed by atoms with Crippen molar-refractivity contribution < 1.29 is 14.3 Å². The molecule has 1 saturated heterocycles. The minimum Gasteiger partial charge on any atom is -0.444 e. The lowest BCUT2D eigenvalue weighted by Crippen LogP contribution is -2.56. The molecule has 1 fully saturated rings. The average molecular weight is 495 g/mol. The van der Waals surface area contributed by atoms with Gasteiger partial charge in [0, 0.05) is 61.1 Å². The molecule has 1 unspecified atom stereocenters. The average Bonchev–Trinajstić information content (AvgIpc) is 2.83. The molecule has 2 heterocycles. The van der Waals surface area contributed by atoms with Gasteiger partial charge in [-0.15, -0.1) is 0 Å². The van der Waals surface area contributed by atoms with Crippen LogP contribution in [-0.4, -0.2) is 59.7 Å². The summed E-state index contributed by atoms with van der Waals surface area (Å²) in [6, 6.07) is 14.9. The molecular formula is C27H31ClN4O3. The topological polar surface area (TPSA) is 74.8 Å². The van der Waals surface area contributed by atoms with Crippen molar-refractivity contribution >= 4 is 40.1 Å². The van der Waals surface area contributed by atoms with E-state index in [2.05, 4.69) is 33.4 Å². The van der Waals surface area contributed by atoms with E-state index in [-0.39, 0.29) is 5.91 Å². The first-order valence-corrected chi connectivity index (χ1v) is 12.2. The van der Waals surface area contributed by atoms with E-state index in [0.717, 1.165) is 22.0 Å². The van der Waals surface area contributed by atoms with Gasteiger partial charge >= 0.3 is 6.09 Å². The van der Waals surface area contributed by atoms with Gasteiger partial charge in [-0.25, -0.2) is 4.79 Å². The number of carbonyl (C=O) groups is 2. The van der Waals surface area contributed by atoms with Crippen molar-refractivity contribution in [2.75, 3.05) is 31.1 Å². The number of hydrogen-bond acceptors (Lipinski definition) is 5. The minimum absolute atomic E-state index is 0.116. The van der Waals surface area contributed by atoms with Gasteiger partial charge in [-0.1, -0.05) is 29.8 Å². The Hall–Kier alpha value is -3.32. The highest BCUT2D eigenvalue weighted by molar-refractivity contribution is 6.30. The lowest BCUT2D eigenvalue weighted by atomic mass is 10.0. The summed E-state index contributed by atoms with van der Waals surface area (Å²) < 4.78 is 5.42. The molecule has 1 aliphatic rings. The van der Waals surface area contributed by atoms with Crippen molar-refractivity contribution in [1.29, 1.82) is 0 Å². The number of alkyl carbamates (subject to hydrolysis) is 1. The number of aromatic nitrogens is 1. The van der Waals surface area contributed by atoms with Gasteiger partial charge in [0.15, 0.2) is 0 Å². The van der Waals surface area contributed by atoms with Gasteiger partial charge in [-0.2, -0.15) is 0 Å². The molecule has 0 bridgehead atoms. The van der Waals surface area contributed by atoms with Crippen LogP contribution in [0.2, 0.25) is 5.02 Å². The van der Waals surface area contributed by atoms with E-state index in [9.17, 15) is 9.59 Å². The summed E-state index contributed by atoms with van der Waals surface area (Å²) in [5.41, 5.74) is 1.38. The third-order valence-electron chi connectivity index (χ3n) is 5.92. The minimum atomic E-state index is -0.731. The van der Waals surface area contributed by atoms with Crippen molar-refractivity contribution in [3.63, 3.8) is 0 Å². The molecule has 1 aromatic heterocycles. The van der Waals surface area contributed by atoms with Crippen LogP contribution in [0.25, 0.3) is 10.8 Å². The van der Waals surface area contributed by atoms with Gasteiger partial charge in [0.2, 0.25) is 5.91 Å². The van der Waals surface area contributed by atoms with E-state index in [1.807, 2.05) is 29.3 Å². The summed E-state index contributed by atoms with van der Waals surface area (Å²) in [7, 11) is 0. The Balaban J connectivity index is 1.43. The first-order chi connectivity index (χ1) is 16.7. The SMILES string of the molecule is CC(C)(C)OC(=O)NC(Cc1ccc(Cl)cc1)C(=O)N1CCN(c2ccc3cnccc3c2)CC1. The van der Waals surface area contributed by atoms with E-state index in [4.69, 9.17) is 16.3 Å². The number of amides is 2. The predicted octanol–water partition coefficient (Wildman–Crippen LogP) is 4.67. The van der Waals surface area contributed by atoms with Crippen LogP contribution >= 0.6 is 11.6 Å². The summed E-state index contributed by atoms with van der Waals surface area (Å²) in [5, 5.41) is 5.65. The van der Waals surface area contributed by atoms with Crippen LogP contribution in [0.1, 0.15) is 26.3 Å². The van der Waals surface area contributed by atoms with Crippen molar-refractivity contribution in [1.82, 2.24) is 15.2 Å². The summed E-state index contributed by atoms with van der Waals surface area (Å²) in [6.45, 7) is 7.95. The first-order valence-electron chi connectivity index (χ1n) is 11.8. The van der Waals surface area contributed by atoms with Crippen LogP contribution in [0.3, 0.4) is 0 Å². The third kappa shape index (κ3) is 6.63. The molecule has 1 aliphatic heterocycles. The molecule has 1 atom stereocenters. The molecule has 0 aliphatic carbocycles.